The zero-order chi connectivity index (χ0) is 14.4. The van der Waals surface area contributed by atoms with Crippen LogP contribution in [-0.4, -0.2) is 16.5 Å². The van der Waals surface area contributed by atoms with E-state index in [1.54, 1.807) is 0 Å². The summed E-state index contributed by atoms with van der Waals surface area (Å²) < 4.78 is 0. The Kier molecular flexibility index (Phi) is 2.58. The lowest BCUT2D eigenvalue weighted by atomic mass is 9.93. The minimum absolute atomic E-state index is 0.0435. The minimum atomic E-state index is -0.286. The van der Waals surface area contributed by atoms with Crippen molar-refractivity contribution in [1.29, 1.82) is 0 Å². The van der Waals surface area contributed by atoms with Crippen molar-refractivity contribution in [3.8, 4) is 0 Å². The van der Waals surface area contributed by atoms with Crippen molar-refractivity contribution >= 4 is 11.6 Å². The normalized spacial score (nSPS) is 27.0. The summed E-state index contributed by atoms with van der Waals surface area (Å²) in [7, 11) is 0. The first kappa shape index (κ1) is 12.5. The van der Waals surface area contributed by atoms with Gasteiger partial charge in [0.25, 0.3) is 0 Å². The molecule has 21 heavy (non-hydrogen) atoms. The molecule has 4 rings (SSSR count). The maximum absolute atomic E-state index is 12.8. The standard InChI is InChI=1S/C18H18N2O/c1-18-11-15(13-7-3-2-4-8-13)17(21)20(18)12-14-9-5-6-10-16(14)19-18/h2-10,15,19H,11-12H2,1H3/t15-,18-/m1/s1. The van der Waals surface area contributed by atoms with E-state index in [9.17, 15) is 4.79 Å². The number of para-hydroxylation sites is 1. The second kappa shape index (κ2) is 4.35. The van der Waals surface area contributed by atoms with Gasteiger partial charge in [0.15, 0.2) is 0 Å². The van der Waals surface area contributed by atoms with E-state index in [2.05, 4.69) is 36.5 Å². The minimum Gasteiger partial charge on any atom is -0.363 e. The summed E-state index contributed by atoms with van der Waals surface area (Å²) in [5.41, 5.74) is 3.17. The van der Waals surface area contributed by atoms with Crippen LogP contribution in [0, 0.1) is 0 Å². The number of nitrogens with one attached hydrogen (secondary N) is 1. The lowest BCUT2D eigenvalue weighted by Crippen LogP contribution is -2.51. The number of amides is 1. The van der Waals surface area contributed by atoms with Gasteiger partial charge in [0.2, 0.25) is 5.91 Å². The third-order valence-corrected chi connectivity index (χ3v) is 4.71. The van der Waals surface area contributed by atoms with Crippen molar-refractivity contribution in [3.05, 3.63) is 65.7 Å². The highest BCUT2D eigenvalue weighted by Gasteiger charge is 2.50. The molecular formula is C18H18N2O. The lowest BCUT2D eigenvalue weighted by Gasteiger charge is -2.41. The van der Waals surface area contributed by atoms with Crippen LogP contribution < -0.4 is 5.32 Å². The fourth-order valence-corrected chi connectivity index (χ4v) is 3.58. The molecule has 2 aromatic carbocycles. The fraction of sp³-hybridized carbons (Fsp3) is 0.278. The van der Waals surface area contributed by atoms with Crippen molar-refractivity contribution in [2.45, 2.75) is 31.5 Å². The number of hydrogen-bond donors (Lipinski definition) is 1. The Hall–Kier alpha value is -2.29. The Labute approximate surface area is 124 Å². The van der Waals surface area contributed by atoms with Crippen LogP contribution >= 0.6 is 0 Å². The van der Waals surface area contributed by atoms with E-state index < -0.39 is 0 Å². The van der Waals surface area contributed by atoms with Gasteiger partial charge in [0.05, 0.1) is 5.92 Å². The monoisotopic (exact) mass is 278 g/mol. The van der Waals surface area contributed by atoms with E-state index in [1.165, 1.54) is 5.56 Å². The molecule has 2 aromatic rings. The molecular weight excluding hydrogens is 260 g/mol. The van der Waals surface area contributed by atoms with Crippen LogP contribution in [0.15, 0.2) is 54.6 Å². The van der Waals surface area contributed by atoms with E-state index in [1.807, 2.05) is 35.2 Å². The molecule has 106 valence electrons. The number of hydrogen-bond acceptors (Lipinski definition) is 2. The summed E-state index contributed by atoms with van der Waals surface area (Å²) in [4.78, 5) is 14.8. The Balaban J connectivity index is 1.72. The highest BCUT2D eigenvalue weighted by Crippen LogP contribution is 2.44. The quantitative estimate of drug-likeness (QED) is 0.867. The summed E-state index contributed by atoms with van der Waals surface area (Å²) in [6, 6.07) is 18.4. The molecule has 3 heteroatoms. The molecule has 0 unspecified atom stereocenters. The average Bonchev–Trinajstić information content (AvgIpc) is 2.77. The SMILES string of the molecule is C[C@]12C[C@H](c3ccccc3)C(=O)N1Cc1ccccc1N2. The van der Waals surface area contributed by atoms with Crippen LogP contribution in [0.4, 0.5) is 5.69 Å². The zero-order valence-corrected chi connectivity index (χ0v) is 12.0. The fourth-order valence-electron chi connectivity index (χ4n) is 3.58. The molecule has 1 amide bonds. The largest absolute Gasteiger partial charge is 0.363 e. The molecule has 2 aliphatic heterocycles. The van der Waals surface area contributed by atoms with Crippen molar-refractivity contribution in [2.24, 2.45) is 0 Å². The Bertz CT molecular complexity index is 697. The van der Waals surface area contributed by atoms with Crippen LogP contribution in [0.3, 0.4) is 0 Å². The van der Waals surface area contributed by atoms with E-state index >= 15 is 0 Å². The van der Waals surface area contributed by atoms with Crippen molar-refractivity contribution < 1.29 is 4.79 Å². The summed E-state index contributed by atoms with van der Waals surface area (Å²) >= 11 is 0. The van der Waals surface area contributed by atoms with Crippen LogP contribution in [0.1, 0.15) is 30.4 Å². The number of carbonyl (C=O) groups is 1. The first-order valence-corrected chi connectivity index (χ1v) is 7.40. The molecule has 2 atom stereocenters. The van der Waals surface area contributed by atoms with Gasteiger partial charge in [-0.1, -0.05) is 48.5 Å². The zero-order valence-electron chi connectivity index (χ0n) is 12.0. The average molecular weight is 278 g/mol. The molecule has 0 aliphatic carbocycles. The predicted octanol–water partition coefficient (Wildman–Crippen LogP) is 3.34. The molecule has 0 bridgehead atoms. The summed E-state index contributed by atoms with van der Waals surface area (Å²) in [5.74, 6) is 0.184. The number of carbonyl (C=O) groups excluding carboxylic acids is 1. The highest BCUT2D eigenvalue weighted by atomic mass is 16.2. The van der Waals surface area contributed by atoms with Gasteiger partial charge in [0.1, 0.15) is 5.66 Å². The van der Waals surface area contributed by atoms with Crippen LogP contribution in [0.2, 0.25) is 0 Å². The molecule has 3 nitrogen and oxygen atoms in total. The number of nitrogens with zero attached hydrogens (tertiary/aromatic N) is 1. The molecule has 1 N–H and O–H groups in total. The molecule has 2 heterocycles. The molecule has 0 radical (unpaired) electrons. The van der Waals surface area contributed by atoms with Crippen molar-refractivity contribution in [3.63, 3.8) is 0 Å². The van der Waals surface area contributed by atoms with Gasteiger partial charge in [-0.3, -0.25) is 4.79 Å². The lowest BCUT2D eigenvalue weighted by molar-refractivity contribution is -0.132. The van der Waals surface area contributed by atoms with E-state index in [0.717, 1.165) is 17.7 Å². The molecule has 0 spiro atoms. The first-order valence-electron chi connectivity index (χ1n) is 7.40. The smallest absolute Gasteiger partial charge is 0.232 e. The maximum atomic E-state index is 12.8. The number of anilines is 1. The topological polar surface area (TPSA) is 32.3 Å². The van der Waals surface area contributed by atoms with Gasteiger partial charge < -0.3 is 10.2 Å². The highest BCUT2D eigenvalue weighted by molar-refractivity contribution is 5.88. The van der Waals surface area contributed by atoms with Crippen molar-refractivity contribution in [2.75, 3.05) is 5.32 Å². The van der Waals surface area contributed by atoms with Gasteiger partial charge in [-0.2, -0.15) is 0 Å². The first-order chi connectivity index (χ1) is 10.2. The Morgan fingerprint density at radius 3 is 2.62 bits per heavy atom. The van der Waals surface area contributed by atoms with Gasteiger partial charge in [-0.15, -0.1) is 0 Å². The van der Waals surface area contributed by atoms with E-state index in [4.69, 9.17) is 0 Å². The number of fused-ring (bicyclic) bond motifs is 2. The third kappa shape index (κ3) is 1.84. The predicted molar refractivity (Wildman–Crippen MR) is 82.8 cm³/mol. The van der Waals surface area contributed by atoms with Crippen molar-refractivity contribution in [1.82, 2.24) is 4.90 Å². The summed E-state index contributed by atoms with van der Waals surface area (Å²) in [6.07, 6.45) is 0.810. The molecule has 0 aromatic heterocycles. The second-order valence-corrected chi connectivity index (χ2v) is 6.15. The third-order valence-electron chi connectivity index (χ3n) is 4.71. The maximum Gasteiger partial charge on any atom is 0.232 e. The van der Waals surface area contributed by atoms with Gasteiger partial charge in [-0.25, -0.2) is 0 Å². The van der Waals surface area contributed by atoms with Gasteiger partial charge in [-0.05, 0) is 24.1 Å². The number of rotatable bonds is 1. The van der Waals surface area contributed by atoms with Crippen LogP contribution in [-0.2, 0) is 11.3 Å². The van der Waals surface area contributed by atoms with Crippen LogP contribution in [0.25, 0.3) is 0 Å². The molecule has 0 saturated carbocycles. The Morgan fingerprint density at radius 2 is 1.81 bits per heavy atom. The van der Waals surface area contributed by atoms with Crippen LogP contribution in [0.5, 0.6) is 0 Å². The Morgan fingerprint density at radius 1 is 1.10 bits per heavy atom. The molecule has 2 aliphatic rings. The molecule has 1 saturated heterocycles. The summed E-state index contributed by atoms with van der Waals surface area (Å²) in [6.45, 7) is 2.83. The van der Waals surface area contributed by atoms with Gasteiger partial charge >= 0.3 is 0 Å². The van der Waals surface area contributed by atoms with Gasteiger partial charge in [0, 0.05) is 18.7 Å². The second-order valence-electron chi connectivity index (χ2n) is 6.15. The summed E-state index contributed by atoms with van der Waals surface area (Å²) in [5, 5.41) is 3.57. The van der Waals surface area contributed by atoms with E-state index in [0.29, 0.717) is 6.54 Å². The molecule has 1 fully saturated rings. The number of benzene rings is 2. The van der Waals surface area contributed by atoms with E-state index in [-0.39, 0.29) is 17.5 Å².